The van der Waals surface area contributed by atoms with Crippen LogP contribution in [0.25, 0.3) is 0 Å². The highest BCUT2D eigenvalue weighted by Crippen LogP contribution is 2.11. The van der Waals surface area contributed by atoms with Gasteiger partial charge in [0.15, 0.2) is 0 Å². The predicted octanol–water partition coefficient (Wildman–Crippen LogP) is 2.99. The van der Waals surface area contributed by atoms with Gasteiger partial charge in [0.1, 0.15) is 0 Å². The van der Waals surface area contributed by atoms with Crippen LogP contribution in [-0.2, 0) is 11.3 Å². The van der Waals surface area contributed by atoms with E-state index in [4.69, 9.17) is 10.5 Å². The van der Waals surface area contributed by atoms with Crippen LogP contribution in [0.1, 0.15) is 26.3 Å². The van der Waals surface area contributed by atoms with Crippen molar-refractivity contribution in [1.29, 1.82) is 0 Å². The van der Waals surface area contributed by atoms with Crippen molar-refractivity contribution in [3.8, 4) is 0 Å². The summed E-state index contributed by atoms with van der Waals surface area (Å²) in [5.74, 6) is 0. The molecule has 0 amide bonds. The number of ether oxygens (including phenoxy) is 1. The van der Waals surface area contributed by atoms with E-state index < -0.39 is 5.54 Å². The van der Waals surface area contributed by atoms with Crippen LogP contribution in [0.3, 0.4) is 0 Å². The first kappa shape index (κ1) is 16.5. The summed E-state index contributed by atoms with van der Waals surface area (Å²) in [6.07, 6.45) is 0. The second-order valence-electron chi connectivity index (χ2n) is 5.74. The zero-order valence-corrected chi connectivity index (χ0v) is 12.8. The van der Waals surface area contributed by atoms with Gasteiger partial charge in [0.05, 0.1) is 19.3 Å². The molecule has 0 aliphatic rings. The van der Waals surface area contributed by atoms with E-state index >= 15 is 0 Å². The van der Waals surface area contributed by atoms with Crippen molar-refractivity contribution in [1.82, 2.24) is 5.32 Å². The van der Waals surface area contributed by atoms with Crippen LogP contribution < -0.4 is 11.1 Å². The van der Waals surface area contributed by atoms with Crippen molar-refractivity contribution in [2.45, 2.75) is 39.0 Å². The molecule has 1 rings (SSSR count). The third-order valence-electron chi connectivity index (χ3n) is 3.12. The Kier molecular flexibility index (Phi) is 5.99. The average Bonchev–Trinajstić information content (AvgIpc) is 2.37. The van der Waals surface area contributed by atoms with Gasteiger partial charge in [-0.2, -0.15) is 0 Å². The summed E-state index contributed by atoms with van der Waals surface area (Å²) in [4.78, 5) is 0. The quantitative estimate of drug-likeness (QED) is 0.716. The van der Waals surface area contributed by atoms with Gasteiger partial charge in [-0.15, -0.1) is 0 Å². The van der Waals surface area contributed by atoms with Crippen molar-refractivity contribution in [3.05, 3.63) is 60.3 Å². The summed E-state index contributed by atoms with van der Waals surface area (Å²) in [6, 6.07) is 10.1. The van der Waals surface area contributed by atoms with Gasteiger partial charge in [0.25, 0.3) is 0 Å². The topological polar surface area (TPSA) is 47.3 Å². The monoisotopic (exact) mass is 274 g/mol. The fraction of sp³-hybridized carbons (Fsp3) is 0.412. The minimum absolute atomic E-state index is 0.0223. The Bertz CT molecular complexity index is 446. The van der Waals surface area contributed by atoms with Crippen molar-refractivity contribution in [3.63, 3.8) is 0 Å². The summed E-state index contributed by atoms with van der Waals surface area (Å²) in [5, 5.41) is 3.30. The number of benzene rings is 1. The molecule has 0 radical (unpaired) electrons. The molecule has 3 nitrogen and oxygen atoms in total. The molecule has 0 spiro atoms. The maximum absolute atomic E-state index is 6.01. The van der Waals surface area contributed by atoms with E-state index in [0.29, 0.717) is 13.2 Å². The Morgan fingerprint density at radius 2 is 1.90 bits per heavy atom. The molecule has 0 aromatic heterocycles. The standard InChI is InChI=1S/C17H26N2O/c1-13(2)16(19-14(3)17(4,5)18)12-20-11-15-9-7-6-8-10-15/h6-10,16,19H,1,3,11-12,18H2,2,4-5H3. The minimum Gasteiger partial charge on any atom is -0.379 e. The molecule has 110 valence electrons. The molecule has 0 aliphatic heterocycles. The molecule has 0 saturated carbocycles. The van der Waals surface area contributed by atoms with E-state index in [1.807, 2.05) is 51.1 Å². The fourth-order valence-corrected chi connectivity index (χ4v) is 1.57. The summed E-state index contributed by atoms with van der Waals surface area (Å²) in [5.41, 5.74) is 8.50. The van der Waals surface area contributed by atoms with Crippen molar-refractivity contribution in [2.24, 2.45) is 5.73 Å². The molecular formula is C17H26N2O. The summed E-state index contributed by atoms with van der Waals surface area (Å²) in [6.45, 7) is 14.9. The van der Waals surface area contributed by atoms with Crippen LogP contribution in [0, 0.1) is 0 Å². The Labute approximate surface area is 122 Å². The molecule has 1 unspecified atom stereocenters. The SMILES string of the molecule is C=C(C)C(COCc1ccccc1)NC(=C)C(C)(C)N. The zero-order valence-electron chi connectivity index (χ0n) is 12.8. The van der Waals surface area contributed by atoms with Gasteiger partial charge in [0, 0.05) is 11.2 Å². The maximum Gasteiger partial charge on any atom is 0.0718 e. The number of nitrogens with two attached hydrogens (primary N) is 1. The molecule has 0 fully saturated rings. The maximum atomic E-state index is 6.01. The molecule has 1 atom stereocenters. The van der Waals surface area contributed by atoms with Crippen molar-refractivity contribution >= 4 is 0 Å². The van der Waals surface area contributed by atoms with E-state index in [1.165, 1.54) is 0 Å². The zero-order chi connectivity index (χ0) is 15.2. The summed E-state index contributed by atoms with van der Waals surface area (Å²) >= 11 is 0. The molecule has 0 heterocycles. The summed E-state index contributed by atoms with van der Waals surface area (Å²) < 4.78 is 5.75. The average molecular weight is 274 g/mol. The highest BCUT2D eigenvalue weighted by Gasteiger charge is 2.19. The van der Waals surface area contributed by atoms with Crippen LogP contribution >= 0.6 is 0 Å². The molecular weight excluding hydrogens is 248 g/mol. The Hall–Kier alpha value is -1.58. The van der Waals surface area contributed by atoms with Gasteiger partial charge < -0.3 is 15.8 Å². The van der Waals surface area contributed by atoms with Gasteiger partial charge in [-0.25, -0.2) is 0 Å². The second-order valence-corrected chi connectivity index (χ2v) is 5.74. The first-order valence-electron chi connectivity index (χ1n) is 6.82. The Balaban J connectivity index is 2.48. The first-order valence-corrected chi connectivity index (χ1v) is 6.82. The van der Waals surface area contributed by atoms with E-state index in [1.54, 1.807) is 0 Å². The predicted molar refractivity (Wildman–Crippen MR) is 85.2 cm³/mol. The highest BCUT2D eigenvalue weighted by molar-refractivity contribution is 5.16. The third kappa shape index (κ3) is 5.59. The number of hydrogen-bond donors (Lipinski definition) is 2. The third-order valence-corrected chi connectivity index (χ3v) is 3.12. The van der Waals surface area contributed by atoms with E-state index in [2.05, 4.69) is 18.5 Å². The number of nitrogens with one attached hydrogen (secondary N) is 1. The second kappa shape index (κ2) is 7.27. The highest BCUT2D eigenvalue weighted by atomic mass is 16.5. The molecule has 0 bridgehead atoms. The number of rotatable bonds is 8. The fourth-order valence-electron chi connectivity index (χ4n) is 1.57. The first-order chi connectivity index (χ1) is 9.30. The molecule has 3 heteroatoms. The van der Waals surface area contributed by atoms with Crippen LogP contribution in [-0.4, -0.2) is 18.2 Å². The Morgan fingerprint density at radius 3 is 2.40 bits per heavy atom. The van der Waals surface area contributed by atoms with Gasteiger partial charge >= 0.3 is 0 Å². The Morgan fingerprint density at radius 1 is 1.30 bits per heavy atom. The van der Waals surface area contributed by atoms with E-state index in [0.717, 1.165) is 16.8 Å². The lowest BCUT2D eigenvalue weighted by molar-refractivity contribution is 0.108. The van der Waals surface area contributed by atoms with E-state index in [9.17, 15) is 0 Å². The number of hydrogen-bond acceptors (Lipinski definition) is 3. The van der Waals surface area contributed by atoms with Gasteiger partial charge in [0.2, 0.25) is 0 Å². The molecule has 20 heavy (non-hydrogen) atoms. The summed E-state index contributed by atoms with van der Waals surface area (Å²) in [7, 11) is 0. The van der Waals surface area contributed by atoms with Crippen LogP contribution in [0.5, 0.6) is 0 Å². The van der Waals surface area contributed by atoms with Gasteiger partial charge in [-0.05, 0) is 26.3 Å². The lowest BCUT2D eigenvalue weighted by Gasteiger charge is -2.28. The van der Waals surface area contributed by atoms with Crippen LogP contribution in [0.4, 0.5) is 0 Å². The molecule has 3 N–H and O–H groups in total. The normalized spacial score (nSPS) is 12.8. The minimum atomic E-state index is -0.465. The molecule has 1 aromatic rings. The van der Waals surface area contributed by atoms with Crippen molar-refractivity contribution in [2.75, 3.05) is 6.61 Å². The van der Waals surface area contributed by atoms with Gasteiger partial charge in [-0.1, -0.05) is 49.1 Å². The lowest BCUT2D eigenvalue weighted by atomic mass is 10.0. The van der Waals surface area contributed by atoms with Crippen molar-refractivity contribution < 1.29 is 4.74 Å². The lowest BCUT2D eigenvalue weighted by Crippen LogP contribution is -2.45. The van der Waals surface area contributed by atoms with Crippen LogP contribution in [0.15, 0.2) is 54.8 Å². The van der Waals surface area contributed by atoms with E-state index in [-0.39, 0.29) is 6.04 Å². The molecule has 1 aromatic carbocycles. The van der Waals surface area contributed by atoms with Crippen LogP contribution in [0.2, 0.25) is 0 Å². The largest absolute Gasteiger partial charge is 0.379 e. The molecule has 0 saturated heterocycles. The smallest absolute Gasteiger partial charge is 0.0718 e. The molecule has 0 aliphatic carbocycles. The van der Waals surface area contributed by atoms with Gasteiger partial charge in [-0.3, -0.25) is 0 Å².